The second kappa shape index (κ2) is 9.39. The number of para-hydroxylation sites is 1. The highest BCUT2D eigenvalue weighted by molar-refractivity contribution is 7.90. The third-order valence-corrected chi connectivity index (χ3v) is 7.84. The number of nitrogens with zero attached hydrogens (tertiary/aromatic N) is 2. The first-order chi connectivity index (χ1) is 17.3. The number of pyridine rings is 1. The summed E-state index contributed by atoms with van der Waals surface area (Å²) in [6, 6.07) is 20.3. The largest absolute Gasteiger partial charge is 0.437 e. The number of rotatable bonds is 7. The molecule has 0 unspecified atom stereocenters. The maximum absolute atomic E-state index is 14.1. The Morgan fingerprint density at radius 1 is 1.00 bits per heavy atom. The molecule has 0 saturated carbocycles. The first kappa shape index (κ1) is 24.0. The van der Waals surface area contributed by atoms with E-state index in [-0.39, 0.29) is 28.6 Å². The average Bonchev–Trinajstić information content (AvgIpc) is 3.23. The van der Waals surface area contributed by atoms with Crippen molar-refractivity contribution in [2.24, 2.45) is 0 Å². The van der Waals surface area contributed by atoms with Gasteiger partial charge in [-0.15, -0.1) is 0 Å². The van der Waals surface area contributed by atoms with E-state index in [0.29, 0.717) is 38.9 Å². The molecule has 2 aromatic heterocycles. The molecule has 0 aliphatic carbocycles. The van der Waals surface area contributed by atoms with Crippen molar-refractivity contribution in [3.8, 4) is 11.6 Å². The highest BCUT2D eigenvalue weighted by Crippen LogP contribution is 2.41. The van der Waals surface area contributed by atoms with Crippen LogP contribution in [0.5, 0.6) is 11.6 Å². The summed E-state index contributed by atoms with van der Waals surface area (Å²) in [5, 5.41) is 1.66. The molecule has 9 heteroatoms. The maximum atomic E-state index is 14.1. The van der Waals surface area contributed by atoms with Crippen molar-refractivity contribution in [1.29, 1.82) is 0 Å². The van der Waals surface area contributed by atoms with E-state index in [4.69, 9.17) is 21.1 Å². The van der Waals surface area contributed by atoms with Gasteiger partial charge in [0.25, 0.3) is 10.0 Å². The lowest BCUT2D eigenvalue weighted by Crippen LogP contribution is -2.14. The first-order valence-electron chi connectivity index (χ1n) is 11.0. The van der Waals surface area contributed by atoms with Crippen LogP contribution in [0.1, 0.15) is 21.6 Å². The second-order valence-corrected chi connectivity index (χ2v) is 10.4. The van der Waals surface area contributed by atoms with Gasteiger partial charge in [-0.1, -0.05) is 47.5 Å². The maximum Gasteiger partial charge on any atom is 0.268 e. The van der Waals surface area contributed by atoms with Crippen molar-refractivity contribution in [2.75, 3.05) is 7.11 Å². The number of carbonyl (C=O) groups is 1. The summed E-state index contributed by atoms with van der Waals surface area (Å²) in [5.74, 6) is 0.357. The van der Waals surface area contributed by atoms with Gasteiger partial charge in [0.1, 0.15) is 17.0 Å². The van der Waals surface area contributed by atoms with Gasteiger partial charge in [-0.25, -0.2) is 17.4 Å². The number of hydrogen-bond donors (Lipinski definition) is 0. The van der Waals surface area contributed by atoms with E-state index in [0.717, 1.165) is 5.56 Å². The molecule has 0 spiro atoms. The summed E-state index contributed by atoms with van der Waals surface area (Å²) in [5.41, 5.74) is 2.15. The Morgan fingerprint density at radius 3 is 2.36 bits per heavy atom. The van der Waals surface area contributed by atoms with E-state index in [9.17, 15) is 13.2 Å². The van der Waals surface area contributed by atoms with Crippen LogP contribution in [0, 0.1) is 6.92 Å². The SMILES string of the molecule is COCc1c(C=O)nc(Oc2ccc(Cl)cc2)c2c1c1ccccc1n2S(=O)(=O)c1ccc(C)cc1. The van der Waals surface area contributed by atoms with Gasteiger partial charge in [-0.3, -0.25) is 4.79 Å². The molecule has 7 nitrogen and oxygen atoms in total. The molecule has 0 amide bonds. The normalized spacial score (nSPS) is 11.8. The van der Waals surface area contributed by atoms with Gasteiger partial charge in [-0.2, -0.15) is 0 Å². The number of ether oxygens (including phenoxy) is 2. The van der Waals surface area contributed by atoms with Crippen molar-refractivity contribution in [2.45, 2.75) is 18.4 Å². The highest BCUT2D eigenvalue weighted by Gasteiger charge is 2.29. The standard InChI is InChI=1S/C27H21ClN2O5S/c1-17-7-13-20(14-8-17)36(32,33)30-24-6-4-3-5-21(24)25-22(16-34-2)23(15-31)29-27(26(25)30)35-19-11-9-18(28)10-12-19/h3-15H,16H2,1-2H3. The van der Waals surface area contributed by atoms with Crippen LogP contribution in [0.3, 0.4) is 0 Å². The Balaban J connectivity index is 1.93. The van der Waals surface area contributed by atoms with Crippen LogP contribution in [-0.2, 0) is 21.4 Å². The fraction of sp³-hybridized carbons (Fsp3) is 0.111. The quantitative estimate of drug-likeness (QED) is 0.239. The number of aromatic nitrogens is 2. The van der Waals surface area contributed by atoms with Crippen LogP contribution in [-0.4, -0.2) is 30.8 Å². The highest BCUT2D eigenvalue weighted by atomic mass is 35.5. The summed E-state index contributed by atoms with van der Waals surface area (Å²) in [7, 11) is -2.59. The Hall–Kier alpha value is -3.72. The molecular weight excluding hydrogens is 500 g/mol. The van der Waals surface area contributed by atoms with Gasteiger partial charge in [-0.05, 0) is 49.4 Å². The number of benzene rings is 3. The van der Waals surface area contributed by atoms with E-state index in [1.54, 1.807) is 66.7 Å². The number of halogens is 1. The number of aryl methyl sites for hydroxylation is 1. The minimum Gasteiger partial charge on any atom is -0.437 e. The molecular formula is C27H21ClN2O5S. The number of carbonyl (C=O) groups excluding carboxylic acids is 1. The summed E-state index contributed by atoms with van der Waals surface area (Å²) >= 11 is 6.02. The van der Waals surface area contributed by atoms with Crippen molar-refractivity contribution in [3.63, 3.8) is 0 Å². The Morgan fingerprint density at radius 2 is 1.69 bits per heavy atom. The fourth-order valence-corrected chi connectivity index (χ4v) is 5.85. The number of hydrogen-bond acceptors (Lipinski definition) is 6. The molecule has 5 rings (SSSR count). The Labute approximate surface area is 212 Å². The van der Waals surface area contributed by atoms with Gasteiger partial charge in [0.05, 0.1) is 17.0 Å². The predicted octanol–water partition coefficient (Wildman–Crippen LogP) is 6.14. The van der Waals surface area contributed by atoms with Crippen LogP contribution in [0.4, 0.5) is 0 Å². The lowest BCUT2D eigenvalue weighted by Gasteiger charge is -2.14. The first-order valence-corrected chi connectivity index (χ1v) is 12.8. The monoisotopic (exact) mass is 520 g/mol. The predicted molar refractivity (Wildman–Crippen MR) is 139 cm³/mol. The van der Waals surface area contributed by atoms with Crippen molar-refractivity contribution < 1.29 is 22.7 Å². The van der Waals surface area contributed by atoms with Crippen LogP contribution in [0.25, 0.3) is 21.8 Å². The molecule has 0 fully saturated rings. The topological polar surface area (TPSA) is 87.5 Å². The Bertz CT molecular complexity index is 1710. The third-order valence-electron chi connectivity index (χ3n) is 5.86. The van der Waals surface area contributed by atoms with Gasteiger partial charge in [0, 0.05) is 28.5 Å². The zero-order chi connectivity index (χ0) is 25.4. The van der Waals surface area contributed by atoms with Gasteiger partial charge >= 0.3 is 0 Å². The molecule has 0 saturated heterocycles. The van der Waals surface area contributed by atoms with E-state index in [1.165, 1.54) is 11.1 Å². The minimum absolute atomic E-state index is 0.0267. The van der Waals surface area contributed by atoms with E-state index in [1.807, 2.05) is 13.0 Å². The molecule has 0 bridgehead atoms. The molecule has 0 radical (unpaired) electrons. The third kappa shape index (κ3) is 4.03. The number of fused-ring (bicyclic) bond motifs is 3. The van der Waals surface area contributed by atoms with Gasteiger partial charge in [0.15, 0.2) is 6.29 Å². The molecule has 0 aliphatic heterocycles. The minimum atomic E-state index is -4.09. The van der Waals surface area contributed by atoms with Crippen LogP contribution < -0.4 is 4.74 Å². The lowest BCUT2D eigenvalue weighted by atomic mass is 10.1. The van der Waals surface area contributed by atoms with E-state index >= 15 is 0 Å². The number of aldehydes is 1. The Kier molecular flexibility index (Phi) is 6.26. The van der Waals surface area contributed by atoms with Crippen molar-refractivity contribution >= 4 is 49.7 Å². The van der Waals surface area contributed by atoms with Crippen LogP contribution in [0.2, 0.25) is 5.02 Å². The molecule has 5 aromatic rings. The van der Waals surface area contributed by atoms with Crippen LogP contribution >= 0.6 is 11.6 Å². The van der Waals surface area contributed by atoms with Crippen LogP contribution in [0.15, 0.2) is 77.7 Å². The van der Waals surface area contributed by atoms with Crippen molar-refractivity contribution in [1.82, 2.24) is 8.96 Å². The average molecular weight is 521 g/mol. The number of methoxy groups -OCH3 is 1. The van der Waals surface area contributed by atoms with Crippen molar-refractivity contribution in [3.05, 3.63) is 94.6 Å². The molecule has 3 aromatic carbocycles. The molecule has 0 atom stereocenters. The summed E-state index contributed by atoms with van der Waals surface area (Å²) in [6.07, 6.45) is 0.614. The summed E-state index contributed by atoms with van der Waals surface area (Å²) < 4.78 is 40.8. The molecule has 0 N–H and O–H groups in total. The van der Waals surface area contributed by atoms with E-state index < -0.39 is 10.0 Å². The fourth-order valence-electron chi connectivity index (χ4n) is 4.21. The summed E-state index contributed by atoms with van der Waals surface area (Å²) in [6.45, 7) is 1.94. The van der Waals surface area contributed by atoms with Gasteiger partial charge in [0.2, 0.25) is 5.88 Å². The lowest BCUT2D eigenvalue weighted by molar-refractivity contribution is 0.111. The zero-order valence-electron chi connectivity index (χ0n) is 19.4. The summed E-state index contributed by atoms with van der Waals surface area (Å²) in [4.78, 5) is 16.6. The molecule has 2 heterocycles. The van der Waals surface area contributed by atoms with E-state index in [2.05, 4.69) is 4.98 Å². The molecule has 36 heavy (non-hydrogen) atoms. The molecule has 182 valence electrons. The second-order valence-electron chi connectivity index (χ2n) is 8.21. The molecule has 0 aliphatic rings. The smallest absolute Gasteiger partial charge is 0.268 e. The van der Waals surface area contributed by atoms with Gasteiger partial charge < -0.3 is 9.47 Å². The zero-order valence-corrected chi connectivity index (χ0v) is 21.0.